The number of benzene rings is 3. The summed E-state index contributed by atoms with van der Waals surface area (Å²) in [5.74, 6) is 7.66. The van der Waals surface area contributed by atoms with Crippen molar-refractivity contribution in [1.82, 2.24) is 30.6 Å². The highest BCUT2D eigenvalue weighted by Crippen LogP contribution is 2.41. The molecule has 6 N–H and O–H groups in total. The second-order valence-corrected chi connectivity index (χ2v) is 27.2. The molecule has 0 spiro atoms. The van der Waals surface area contributed by atoms with Crippen molar-refractivity contribution < 1.29 is 14.4 Å². The Morgan fingerprint density at radius 2 is 0.692 bits per heavy atom. The number of amides is 3. The lowest BCUT2D eigenvalue weighted by molar-refractivity contribution is 0.0988. The molecule has 0 radical (unpaired) electrons. The average molecular weight is 1150 g/mol. The molecule has 3 saturated heterocycles. The molecule has 402 valence electrons. The number of thioether (sulfide) groups is 3. The molecule has 3 aliphatic rings. The van der Waals surface area contributed by atoms with Crippen LogP contribution in [0.2, 0.25) is 0 Å². The standard InChI is InChI=1S/3C20H21N3OS2/c3*1-12-4-6-14(7-5-12)17-10-15-16(9-13-3-2-8-25-11-13)22-23-18(20(21)24)19(15)26-17/h3*4-7,10,13H,2-3,8-9,11H2,1H3,(H2,21,24). The van der Waals surface area contributed by atoms with Gasteiger partial charge in [-0.25, -0.2) is 0 Å². The van der Waals surface area contributed by atoms with Crippen LogP contribution in [0, 0.1) is 38.5 Å². The van der Waals surface area contributed by atoms with E-state index in [1.165, 1.54) is 89.7 Å². The van der Waals surface area contributed by atoms with Crippen LogP contribution < -0.4 is 17.2 Å². The number of hydrogen-bond donors (Lipinski definition) is 3. The van der Waals surface area contributed by atoms with Crippen molar-refractivity contribution in [1.29, 1.82) is 0 Å². The van der Waals surface area contributed by atoms with E-state index in [9.17, 15) is 14.4 Å². The number of nitrogens with two attached hydrogens (primary N) is 3. The maximum Gasteiger partial charge on any atom is 0.270 e. The monoisotopic (exact) mass is 1150 g/mol. The van der Waals surface area contributed by atoms with E-state index in [0.717, 1.165) is 97.9 Å². The fraction of sp³-hybridized carbons (Fsp3) is 0.350. The Balaban J connectivity index is 0.000000132. The lowest BCUT2D eigenvalue weighted by Gasteiger charge is -2.20. The summed E-state index contributed by atoms with van der Waals surface area (Å²) in [5.41, 5.74) is 27.6. The van der Waals surface area contributed by atoms with E-state index >= 15 is 0 Å². The third kappa shape index (κ3) is 13.3. The molecule has 18 heteroatoms. The van der Waals surface area contributed by atoms with Gasteiger partial charge in [-0.15, -0.1) is 49.3 Å². The van der Waals surface area contributed by atoms with Crippen LogP contribution in [-0.2, 0) is 19.3 Å². The number of nitrogens with zero attached hydrogens (tertiary/aromatic N) is 6. The van der Waals surface area contributed by atoms with Crippen molar-refractivity contribution in [2.75, 3.05) is 34.5 Å². The van der Waals surface area contributed by atoms with Crippen LogP contribution in [0.5, 0.6) is 0 Å². The van der Waals surface area contributed by atoms with Crippen LogP contribution >= 0.6 is 69.3 Å². The number of fused-ring (bicyclic) bond motifs is 3. The smallest absolute Gasteiger partial charge is 0.270 e. The van der Waals surface area contributed by atoms with Crippen LogP contribution in [0.1, 0.15) is 104 Å². The molecule has 3 atom stereocenters. The zero-order valence-corrected chi connectivity index (χ0v) is 49.0. The minimum atomic E-state index is -0.514. The fourth-order valence-electron chi connectivity index (χ4n) is 10.2. The van der Waals surface area contributed by atoms with Gasteiger partial charge in [0.2, 0.25) is 0 Å². The van der Waals surface area contributed by atoms with Crippen molar-refractivity contribution in [3.05, 3.63) is 142 Å². The van der Waals surface area contributed by atoms with Gasteiger partial charge in [0, 0.05) is 30.8 Å². The summed E-state index contributed by atoms with van der Waals surface area (Å²) in [6.45, 7) is 6.23. The molecule has 3 aliphatic heterocycles. The number of carbonyl (C=O) groups is 3. The lowest BCUT2D eigenvalue weighted by Crippen LogP contribution is -2.17. The highest BCUT2D eigenvalue weighted by atomic mass is 32.2. The predicted octanol–water partition coefficient (Wildman–Crippen LogP) is 13.4. The SMILES string of the molecule is Cc1ccc(-c2cc3c(CC4CCCSC4)nnc(C(N)=O)c3s2)cc1.Cc1ccc(-c2cc3c(CC4CCCSC4)nnc(C(N)=O)c3s2)cc1.Cc1ccc(-c2cc3c(CC4CCCSC4)nnc(C(N)=O)c3s2)cc1. The van der Waals surface area contributed by atoms with Crippen LogP contribution in [0.15, 0.2) is 91.0 Å². The number of aromatic nitrogens is 6. The molecular weight excluding hydrogens is 1090 g/mol. The van der Waals surface area contributed by atoms with Crippen molar-refractivity contribution >= 4 is 117 Å². The zero-order chi connectivity index (χ0) is 54.3. The Labute approximate surface area is 480 Å². The molecule has 9 aromatic rings. The van der Waals surface area contributed by atoms with Gasteiger partial charge in [0.1, 0.15) is 0 Å². The highest BCUT2D eigenvalue weighted by molar-refractivity contribution is 7.99. The minimum Gasteiger partial charge on any atom is -0.364 e. The molecule has 9 heterocycles. The van der Waals surface area contributed by atoms with Crippen LogP contribution in [0.4, 0.5) is 0 Å². The summed E-state index contributed by atoms with van der Waals surface area (Å²) < 4.78 is 2.59. The van der Waals surface area contributed by atoms with Gasteiger partial charge in [-0.1, -0.05) is 89.5 Å². The maximum absolute atomic E-state index is 11.8. The van der Waals surface area contributed by atoms with E-state index in [4.69, 9.17) is 17.2 Å². The number of thiophene rings is 3. The molecule has 3 fully saturated rings. The number of hydrogen-bond acceptors (Lipinski definition) is 15. The van der Waals surface area contributed by atoms with E-state index in [2.05, 4.69) is 142 Å². The zero-order valence-electron chi connectivity index (χ0n) is 44.1. The van der Waals surface area contributed by atoms with Crippen LogP contribution in [-0.4, -0.2) is 82.8 Å². The first-order chi connectivity index (χ1) is 37.8. The third-order valence-corrected chi connectivity index (χ3v) is 21.9. The van der Waals surface area contributed by atoms with Gasteiger partial charge in [-0.2, -0.15) is 50.6 Å². The minimum absolute atomic E-state index is 0.283. The van der Waals surface area contributed by atoms with Gasteiger partial charge in [-0.05, 0) is 166 Å². The summed E-state index contributed by atoms with van der Waals surface area (Å²) in [4.78, 5) is 38.9. The molecule has 0 aliphatic carbocycles. The summed E-state index contributed by atoms with van der Waals surface area (Å²) in [6.07, 6.45) is 10.3. The first-order valence-corrected chi connectivity index (χ1v) is 32.5. The Morgan fingerprint density at radius 3 is 0.923 bits per heavy atom. The molecule has 6 aromatic heterocycles. The number of aryl methyl sites for hydroxylation is 3. The van der Waals surface area contributed by atoms with Gasteiger partial charge in [0.15, 0.2) is 17.1 Å². The molecule has 12 rings (SSSR count). The quantitative estimate of drug-likeness (QED) is 0.104. The summed E-state index contributed by atoms with van der Waals surface area (Å²) in [6, 6.07) is 31.7. The maximum atomic E-state index is 11.8. The van der Waals surface area contributed by atoms with Crippen molar-refractivity contribution in [2.24, 2.45) is 35.0 Å². The predicted molar refractivity (Wildman–Crippen MR) is 330 cm³/mol. The second kappa shape index (κ2) is 25.6. The van der Waals surface area contributed by atoms with Gasteiger partial charge >= 0.3 is 0 Å². The number of rotatable bonds is 12. The van der Waals surface area contributed by atoms with Crippen molar-refractivity contribution in [3.8, 4) is 31.3 Å². The van der Waals surface area contributed by atoms with Crippen molar-refractivity contribution in [2.45, 2.75) is 78.6 Å². The number of primary amides is 3. The fourth-order valence-corrected chi connectivity index (χ4v) is 17.2. The Hall–Kier alpha value is -5.76. The summed E-state index contributed by atoms with van der Waals surface area (Å²) in [5, 5.41) is 28.8. The molecule has 12 nitrogen and oxygen atoms in total. The average Bonchev–Trinajstić information content (AvgIpc) is 4.26. The number of carbonyl (C=O) groups excluding carboxylic acids is 3. The van der Waals surface area contributed by atoms with Crippen LogP contribution in [0.3, 0.4) is 0 Å². The van der Waals surface area contributed by atoms with E-state index in [1.54, 1.807) is 34.0 Å². The van der Waals surface area contributed by atoms with E-state index < -0.39 is 17.7 Å². The molecule has 0 bridgehead atoms. The third-order valence-electron chi connectivity index (χ3n) is 14.5. The Kier molecular flexibility index (Phi) is 18.2. The second-order valence-electron chi connectivity index (χ2n) is 20.6. The summed E-state index contributed by atoms with van der Waals surface area (Å²) >= 11 is 10.8. The van der Waals surface area contributed by atoms with Gasteiger partial charge in [0.05, 0.1) is 31.2 Å². The van der Waals surface area contributed by atoms with Crippen LogP contribution in [0.25, 0.3) is 61.6 Å². The Morgan fingerprint density at radius 1 is 0.423 bits per heavy atom. The molecule has 3 amide bonds. The normalized spacial score (nSPS) is 17.5. The molecule has 3 unspecified atom stereocenters. The molecular formula is C60H63N9O3S6. The molecule has 3 aromatic carbocycles. The van der Waals surface area contributed by atoms with Gasteiger partial charge < -0.3 is 17.2 Å². The lowest BCUT2D eigenvalue weighted by atomic mass is 9.97. The highest BCUT2D eigenvalue weighted by Gasteiger charge is 2.25. The van der Waals surface area contributed by atoms with Gasteiger partial charge in [-0.3, -0.25) is 14.4 Å². The first kappa shape index (κ1) is 55.6. The molecule has 78 heavy (non-hydrogen) atoms. The van der Waals surface area contributed by atoms with E-state index in [-0.39, 0.29) is 17.1 Å². The van der Waals surface area contributed by atoms with E-state index in [1.807, 2.05) is 35.3 Å². The largest absolute Gasteiger partial charge is 0.364 e. The Bertz CT molecular complexity index is 3210. The summed E-state index contributed by atoms with van der Waals surface area (Å²) in [7, 11) is 0. The van der Waals surface area contributed by atoms with Crippen molar-refractivity contribution in [3.63, 3.8) is 0 Å². The first-order valence-electron chi connectivity index (χ1n) is 26.6. The van der Waals surface area contributed by atoms with E-state index in [0.29, 0.717) is 17.8 Å². The topological polar surface area (TPSA) is 207 Å². The van der Waals surface area contributed by atoms with Gasteiger partial charge in [0.25, 0.3) is 17.7 Å². The molecule has 0 saturated carbocycles.